The molecule has 1 amide bonds. The van der Waals surface area contributed by atoms with Crippen LogP contribution in [0.5, 0.6) is 0 Å². The second kappa shape index (κ2) is 9.90. The first-order chi connectivity index (χ1) is 16.2. The average molecular weight is 481 g/mol. The van der Waals surface area contributed by atoms with E-state index in [1.54, 1.807) is 36.4 Å². The number of anilines is 1. The number of nitrogens with one attached hydrogen (secondary N) is 2. The summed E-state index contributed by atoms with van der Waals surface area (Å²) in [6.45, 7) is 4.73. The molecule has 0 spiro atoms. The SMILES string of the molecule is CC(C)c1ccc(S(=O)(=O)N2CCC(C(=O)Nc3cccc(-c4ccc(=O)[nH]n4)c3)CC2)cc1. The summed E-state index contributed by atoms with van der Waals surface area (Å²) in [5.41, 5.74) is 2.79. The molecule has 1 aliphatic heterocycles. The van der Waals surface area contributed by atoms with E-state index in [2.05, 4.69) is 29.4 Å². The maximum Gasteiger partial charge on any atom is 0.264 e. The van der Waals surface area contributed by atoms with E-state index in [0.29, 0.717) is 43.2 Å². The molecule has 0 unspecified atom stereocenters. The van der Waals surface area contributed by atoms with Crippen LogP contribution >= 0.6 is 0 Å². The van der Waals surface area contributed by atoms with Crippen LogP contribution < -0.4 is 10.9 Å². The number of hydrogen-bond acceptors (Lipinski definition) is 5. The van der Waals surface area contributed by atoms with Gasteiger partial charge in [-0.3, -0.25) is 9.59 Å². The number of rotatable bonds is 6. The molecule has 0 bridgehead atoms. The first-order valence-corrected chi connectivity index (χ1v) is 12.7. The lowest BCUT2D eigenvalue weighted by Gasteiger charge is -2.30. The minimum Gasteiger partial charge on any atom is -0.326 e. The van der Waals surface area contributed by atoms with Crippen LogP contribution in [0.3, 0.4) is 0 Å². The van der Waals surface area contributed by atoms with Crippen LogP contribution in [0.25, 0.3) is 11.3 Å². The van der Waals surface area contributed by atoms with Crippen molar-refractivity contribution in [3.8, 4) is 11.3 Å². The summed E-state index contributed by atoms with van der Waals surface area (Å²) in [6, 6.07) is 17.3. The van der Waals surface area contributed by atoms with Crippen LogP contribution in [0.15, 0.2) is 70.4 Å². The number of sulfonamides is 1. The molecule has 3 aromatic rings. The fourth-order valence-corrected chi connectivity index (χ4v) is 5.51. The van der Waals surface area contributed by atoms with E-state index in [9.17, 15) is 18.0 Å². The predicted octanol–water partition coefficient (Wildman–Crippen LogP) is 3.60. The van der Waals surface area contributed by atoms with Gasteiger partial charge in [0.1, 0.15) is 0 Å². The van der Waals surface area contributed by atoms with Crippen LogP contribution in [0.1, 0.15) is 38.2 Å². The third-order valence-corrected chi connectivity index (χ3v) is 8.03. The molecule has 34 heavy (non-hydrogen) atoms. The van der Waals surface area contributed by atoms with Gasteiger partial charge in [0, 0.05) is 36.3 Å². The van der Waals surface area contributed by atoms with Gasteiger partial charge < -0.3 is 5.32 Å². The van der Waals surface area contributed by atoms with Crippen molar-refractivity contribution in [1.82, 2.24) is 14.5 Å². The summed E-state index contributed by atoms with van der Waals surface area (Å²) in [6.07, 6.45) is 0.909. The Morgan fingerprint density at radius 2 is 1.76 bits per heavy atom. The largest absolute Gasteiger partial charge is 0.326 e. The summed E-state index contributed by atoms with van der Waals surface area (Å²) < 4.78 is 27.5. The lowest BCUT2D eigenvalue weighted by molar-refractivity contribution is -0.120. The number of aromatic nitrogens is 2. The van der Waals surface area contributed by atoms with Crippen LogP contribution in [-0.2, 0) is 14.8 Å². The Bertz CT molecular complexity index is 1310. The minimum absolute atomic E-state index is 0.134. The molecule has 0 radical (unpaired) electrons. The molecule has 1 aliphatic rings. The molecule has 4 rings (SSSR count). The van der Waals surface area contributed by atoms with Crippen LogP contribution in [0.2, 0.25) is 0 Å². The normalized spacial score (nSPS) is 15.4. The van der Waals surface area contributed by atoms with E-state index < -0.39 is 10.0 Å². The summed E-state index contributed by atoms with van der Waals surface area (Å²) in [5, 5.41) is 9.34. The molecule has 0 saturated carbocycles. The second-order valence-electron chi connectivity index (χ2n) is 8.78. The molecule has 8 nitrogen and oxygen atoms in total. The van der Waals surface area contributed by atoms with E-state index in [1.807, 2.05) is 18.2 Å². The second-order valence-corrected chi connectivity index (χ2v) is 10.7. The highest BCUT2D eigenvalue weighted by Gasteiger charge is 2.32. The van der Waals surface area contributed by atoms with E-state index in [-0.39, 0.29) is 22.3 Å². The smallest absolute Gasteiger partial charge is 0.264 e. The number of hydrogen-bond donors (Lipinski definition) is 2. The Kier molecular flexibility index (Phi) is 6.95. The van der Waals surface area contributed by atoms with Crippen molar-refractivity contribution in [2.75, 3.05) is 18.4 Å². The molecule has 0 atom stereocenters. The number of carbonyl (C=O) groups excluding carboxylic acids is 1. The zero-order valence-electron chi connectivity index (χ0n) is 19.2. The Morgan fingerprint density at radius 1 is 1.06 bits per heavy atom. The third kappa shape index (κ3) is 5.26. The van der Waals surface area contributed by atoms with Gasteiger partial charge in [0.15, 0.2) is 0 Å². The topological polar surface area (TPSA) is 112 Å². The molecular weight excluding hydrogens is 452 g/mol. The number of nitrogens with zero attached hydrogens (tertiary/aromatic N) is 2. The number of piperidine rings is 1. The molecule has 1 saturated heterocycles. The van der Waals surface area contributed by atoms with Gasteiger partial charge in [0.05, 0.1) is 10.6 Å². The van der Waals surface area contributed by atoms with Crippen LogP contribution in [-0.4, -0.2) is 41.9 Å². The van der Waals surface area contributed by atoms with Gasteiger partial charge in [0.2, 0.25) is 15.9 Å². The first-order valence-electron chi connectivity index (χ1n) is 11.3. The van der Waals surface area contributed by atoms with E-state index >= 15 is 0 Å². The number of aromatic amines is 1. The Hall–Kier alpha value is -3.30. The summed E-state index contributed by atoms with van der Waals surface area (Å²) >= 11 is 0. The maximum absolute atomic E-state index is 13.0. The number of carbonyl (C=O) groups is 1. The Labute approximate surface area is 199 Å². The standard InChI is InChI=1S/C25H28N4O4S/c1-17(2)18-6-8-22(9-7-18)34(32,33)29-14-12-19(13-15-29)25(31)26-21-5-3-4-20(16-21)23-10-11-24(30)28-27-23/h3-11,16-17,19H,12-15H2,1-2H3,(H,26,31)(H,28,30). The highest BCUT2D eigenvalue weighted by Crippen LogP contribution is 2.27. The minimum atomic E-state index is -3.58. The van der Waals surface area contributed by atoms with Crippen LogP contribution in [0, 0.1) is 5.92 Å². The van der Waals surface area contributed by atoms with E-state index in [4.69, 9.17) is 0 Å². The van der Waals surface area contributed by atoms with Gasteiger partial charge in [0.25, 0.3) is 5.56 Å². The monoisotopic (exact) mass is 480 g/mol. The van der Waals surface area contributed by atoms with Gasteiger partial charge in [-0.15, -0.1) is 0 Å². The Morgan fingerprint density at radius 3 is 2.38 bits per heavy atom. The summed E-state index contributed by atoms with van der Waals surface area (Å²) in [4.78, 5) is 24.4. The quantitative estimate of drug-likeness (QED) is 0.560. The molecule has 9 heteroatoms. The van der Waals surface area contributed by atoms with E-state index in [0.717, 1.165) is 11.1 Å². The van der Waals surface area contributed by atoms with Crippen molar-refractivity contribution >= 4 is 21.6 Å². The number of benzene rings is 2. The lowest BCUT2D eigenvalue weighted by Crippen LogP contribution is -2.41. The summed E-state index contributed by atoms with van der Waals surface area (Å²) in [7, 11) is -3.58. The predicted molar refractivity (Wildman–Crippen MR) is 131 cm³/mol. The molecule has 0 aliphatic carbocycles. The third-order valence-electron chi connectivity index (χ3n) is 6.11. The van der Waals surface area contributed by atoms with Gasteiger partial charge in [-0.25, -0.2) is 13.5 Å². The molecule has 178 valence electrons. The average Bonchev–Trinajstić information content (AvgIpc) is 2.85. The van der Waals surface area contributed by atoms with Gasteiger partial charge in [-0.05, 0) is 54.7 Å². The highest BCUT2D eigenvalue weighted by atomic mass is 32.2. The zero-order chi connectivity index (χ0) is 24.3. The van der Waals surface area contributed by atoms with Gasteiger partial charge >= 0.3 is 0 Å². The van der Waals surface area contributed by atoms with Gasteiger partial charge in [-0.2, -0.15) is 9.40 Å². The highest BCUT2D eigenvalue weighted by molar-refractivity contribution is 7.89. The zero-order valence-corrected chi connectivity index (χ0v) is 20.0. The van der Waals surface area contributed by atoms with Crippen molar-refractivity contribution in [3.63, 3.8) is 0 Å². The molecule has 2 N–H and O–H groups in total. The number of amides is 1. The molecule has 2 aromatic carbocycles. The van der Waals surface area contributed by atoms with Crippen LogP contribution in [0.4, 0.5) is 5.69 Å². The lowest BCUT2D eigenvalue weighted by atomic mass is 9.97. The molecule has 1 aromatic heterocycles. The fourth-order valence-electron chi connectivity index (χ4n) is 4.04. The van der Waals surface area contributed by atoms with Crippen molar-refractivity contribution in [3.05, 3.63) is 76.6 Å². The maximum atomic E-state index is 13.0. The first kappa shape index (κ1) is 23.8. The van der Waals surface area contributed by atoms with E-state index in [1.165, 1.54) is 10.4 Å². The van der Waals surface area contributed by atoms with Crippen molar-refractivity contribution in [2.24, 2.45) is 5.92 Å². The molecule has 2 heterocycles. The van der Waals surface area contributed by atoms with Crippen molar-refractivity contribution in [2.45, 2.75) is 37.5 Å². The fraction of sp³-hybridized carbons (Fsp3) is 0.320. The van der Waals surface area contributed by atoms with Gasteiger partial charge in [-0.1, -0.05) is 38.1 Å². The number of H-pyrrole nitrogens is 1. The molecule has 1 fully saturated rings. The van der Waals surface area contributed by atoms with Crippen molar-refractivity contribution in [1.29, 1.82) is 0 Å². The van der Waals surface area contributed by atoms with Crippen molar-refractivity contribution < 1.29 is 13.2 Å². The molecular formula is C25H28N4O4S. The Balaban J connectivity index is 1.38. The summed E-state index contributed by atoms with van der Waals surface area (Å²) in [5.74, 6) is -0.0748.